The molecule has 1 saturated heterocycles. The van der Waals surface area contributed by atoms with E-state index in [9.17, 15) is 14.7 Å². The van der Waals surface area contributed by atoms with Crippen molar-refractivity contribution in [3.63, 3.8) is 0 Å². The zero-order valence-corrected chi connectivity index (χ0v) is 12.7. The molecule has 1 aromatic rings. The number of carboxylic acids is 1. The Labute approximate surface area is 128 Å². The Hall–Kier alpha value is -1.45. The number of amides is 1. The third kappa shape index (κ3) is 2.68. The number of fused-ring (bicyclic) bond motifs is 2. The molecule has 2 bridgehead atoms. The van der Waals surface area contributed by atoms with Gasteiger partial charge in [0.2, 0.25) is 11.0 Å². The van der Waals surface area contributed by atoms with E-state index in [1.54, 1.807) is 12.2 Å². The fraction of sp³-hybridized carbons (Fsp3) is 0.500. The van der Waals surface area contributed by atoms with E-state index in [0.29, 0.717) is 5.13 Å². The predicted octanol–water partition coefficient (Wildman–Crippen LogP) is 1.24. The number of nitrogens with one attached hydrogen (secondary N) is 1. The first-order chi connectivity index (χ1) is 10.1. The van der Waals surface area contributed by atoms with Gasteiger partial charge in [0.15, 0.2) is 4.34 Å². The van der Waals surface area contributed by atoms with Gasteiger partial charge in [0.05, 0.1) is 18.1 Å². The minimum absolute atomic E-state index is 0.381. The molecule has 2 N–H and O–H groups in total. The van der Waals surface area contributed by atoms with Crippen LogP contribution in [0.15, 0.2) is 16.5 Å². The number of anilines is 1. The lowest BCUT2D eigenvalue weighted by atomic mass is 9.82. The van der Waals surface area contributed by atoms with E-state index in [1.165, 1.54) is 23.1 Å². The van der Waals surface area contributed by atoms with Crippen molar-refractivity contribution < 1.29 is 19.4 Å². The Morgan fingerprint density at radius 3 is 2.76 bits per heavy atom. The van der Waals surface area contributed by atoms with E-state index < -0.39 is 30.0 Å². The number of thioether (sulfide) groups is 1. The summed E-state index contributed by atoms with van der Waals surface area (Å²) in [6.07, 6.45) is 2.44. The van der Waals surface area contributed by atoms with Crippen LogP contribution < -0.4 is 5.32 Å². The molecule has 1 amide bonds. The lowest BCUT2D eigenvalue weighted by Gasteiger charge is -2.20. The van der Waals surface area contributed by atoms with Crippen LogP contribution >= 0.6 is 23.1 Å². The predicted molar refractivity (Wildman–Crippen MR) is 77.4 cm³/mol. The lowest BCUT2D eigenvalue weighted by molar-refractivity contribution is -0.145. The summed E-state index contributed by atoms with van der Waals surface area (Å²) in [5, 5.41) is 20.1. The van der Waals surface area contributed by atoms with Crippen molar-refractivity contribution in [1.29, 1.82) is 0 Å². The largest absolute Gasteiger partial charge is 0.481 e. The summed E-state index contributed by atoms with van der Waals surface area (Å²) in [6.45, 7) is 2.00. The fourth-order valence-electron chi connectivity index (χ4n) is 2.55. The quantitative estimate of drug-likeness (QED) is 0.476. The van der Waals surface area contributed by atoms with Crippen molar-refractivity contribution in [2.45, 2.75) is 23.5 Å². The Morgan fingerprint density at radius 1 is 1.38 bits per heavy atom. The molecular weight excluding hydrogens is 314 g/mol. The van der Waals surface area contributed by atoms with Crippen molar-refractivity contribution >= 4 is 40.1 Å². The highest BCUT2D eigenvalue weighted by Crippen LogP contribution is 2.40. The van der Waals surface area contributed by atoms with Crippen LogP contribution in [0.1, 0.15) is 6.92 Å². The van der Waals surface area contributed by atoms with Gasteiger partial charge in [-0.2, -0.15) is 0 Å². The molecule has 0 spiro atoms. The second-order valence-corrected chi connectivity index (χ2v) is 7.12. The summed E-state index contributed by atoms with van der Waals surface area (Å²) < 4.78 is 6.24. The molecule has 1 aromatic heterocycles. The van der Waals surface area contributed by atoms with Gasteiger partial charge in [-0.1, -0.05) is 42.2 Å². The summed E-state index contributed by atoms with van der Waals surface area (Å²) in [7, 11) is 0. The zero-order chi connectivity index (χ0) is 15.0. The van der Waals surface area contributed by atoms with Crippen molar-refractivity contribution in [3.8, 4) is 0 Å². The number of aromatic nitrogens is 2. The fourth-order valence-corrected chi connectivity index (χ4v) is 4.20. The number of hydrogen-bond donors (Lipinski definition) is 2. The molecule has 0 aromatic carbocycles. The highest BCUT2D eigenvalue weighted by atomic mass is 32.2. The SMILES string of the molecule is CCSc1nnc(NC(=O)[C@H]2[C@H](C(=O)O)[C@H]3C=C[C@H]2O3)s1. The van der Waals surface area contributed by atoms with E-state index in [2.05, 4.69) is 15.5 Å². The highest BCUT2D eigenvalue weighted by molar-refractivity contribution is 8.01. The van der Waals surface area contributed by atoms with Crippen molar-refractivity contribution in [1.82, 2.24) is 10.2 Å². The summed E-state index contributed by atoms with van der Waals surface area (Å²) in [5.74, 6) is -2.12. The first kappa shape index (κ1) is 14.5. The number of carbonyl (C=O) groups is 2. The third-order valence-corrected chi connectivity index (χ3v) is 5.25. The maximum Gasteiger partial charge on any atom is 0.310 e. The van der Waals surface area contributed by atoms with Crippen molar-refractivity contribution in [2.75, 3.05) is 11.1 Å². The van der Waals surface area contributed by atoms with Gasteiger partial charge >= 0.3 is 5.97 Å². The molecule has 0 saturated carbocycles. The summed E-state index contributed by atoms with van der Waals surface area (Å²) in [5.41, 5.74) is 0. The van der Waals surface area contributed by atoms with E-state index in [1.807, 2.05) is 6.92 Å². The summed E-state index contributed by atoms with van der Waals surface area (Å²) in [4.78, 5) is 23.7. The number of carbonyl (C=O) groups excluding carboxylic acids is 1. The molecule has 112 valence electrons. The Bertz CT molecular complexity index is 603. The smallest absolute Gasteiger partial charge is 0.310 e. The van der Waals surface area contributed by atoms with Crippen LogP contribution in [-0.2, 0) is 14.3 Å². The number of hydrogen-bond acceptors (Lipinski definition) is 7. The van der Waals surface area contributed by atoms with Crippen LogP contribution in [0, 0.1) is 11.8 Å². The molecule has 0 radical (unpaired) electrons. The molecule has 9 heteroatoms. The van der Waals surface area contributed by atoms with Crippen LogP contribution in [0.3, 0.4) is 0 Å². The normalized spacial score (nSPS) is 29.8. The van der Waals surface area contributed by atoms with Gasteiger partial charge in [-0.15, -0.1) is 10.2 Å². The number of rotatable bonds is 5. The first-order valence-electron chi connectivity index (χ1n) is 6.44. The molecule has 3 rings (SSSR count). The minimum Gasteiger partial charge on any atom is -0.481 e. The third-order valence-electron chi connectivity index (χ3n) is 3.39. The number of aliphatic carboxylic acids is 1. The van der Waals surface area contributed by atoms with Crippen LogP contribution in [0.5, 0.6) is 0 Å². The average molecular weight is 327 g/mol. The number of ether oxygens (including phenoxy) is 1. The summed E-state index contributed by atoms with van der Waals surface area (Å²) >= 11 is 2.81. The van der Waals surface area contributed by atoms with Crippen molar-refractivity contribution in [3.05, 3.63) is 12.2 Å². The Kier molecular flexibility index (Phi) is 3.96. The molecule has 21 heavy (non-hydrogen) atoms. The van der Waals surface area contributed by atoms with Gasteiger partial charge < -0.3 is 15.2 Å². The number of carboxylic acid groups (broad SMARTS) is 1. The molecule has 1 fully saturated rings. The van der Waals surface area contributed by atoms with E-state index in [-0.39, 0.29) is 5.91 Å². The van der Waals surface area contributed by atoms with Gasteiger partial charge in [0.25, 0.3) is 0 Å². The molecule has 7 nitrogen and oxygen atoms in total. The van der Waals surface area contributed by atoms with Gasteiger partial charge in [-0.05, 0) is 5.75 Å². The molecule has 0 aliphatic carbocycles. The van der Waals surface area contributed by atoms with Crippen LogP contribution in [0.25, 0.3) is 0 Å². The molecule has 4 atom stereocenters. The second-order valence-electron chi connectivity index (χ2n) is 4.64. The van der Waals surface area contributed by atoms with Crippen molar-refractivity contribution in [2.24, 2.45) is 11.8 Å². The topological polar surface area (TPSA) is 101 Å². The van der Waals surface area contributed by atoms with Crippen LogP contribution in [0.2, 0.25) is 0 Å². The maximum atomic E-state index is 12.3. The van der Waals surface area contributed by atoms with Crippen LogP contribution in [-0.4, -0.2) is 45.1 Å². The van der Waals surface area contributed by atoms with Gasteiger partial charge in [-0.3, -0.25) is 9.59 Å². The molecule has 3 heterocycles. The van der Waals surface area contributed by atoms with E-state index in [0.717, 1.165) is 10.1 Å². The Morgan fingerprint density at radius 2 is 2.10 bits per heavy atom. The molecular formula is C12H13N3O4S2. The lowest BCUT2D eigenvalue weighted by Crippen LogP contribution is -2.39. The van der Waals surface area contributed by atoms with E-state index >= 15 is 0 Å². The average Bonchev–Trinajstić information content (AvgIpc) is 3.13. The highest BCUT2D eigenvalue weighted by Gasteiger charge is 2.53. The Balaban J connectivity index is 1.72. The van der Waals surface area contributed by atoms with E-state index in [4.69, 9.17) is 4.74 Å². The minimum atomic E-state index is -1.02. The van der Waals surface area contributed by atoms with Crippen LogP contribution in [0.4, 0.5) is 5.13 Å². The maximum absolute atomic E-state index is 12.3. The second kappa shape index (κ2) is 5.74. The number of nitrogens with zero attached hydrogens (tertiary/aromatic N) is 2. The standard InChI is InChI=1S/C12H13N3O4S2/c1-2-20-12-15-14-11(21-12)13-9(16)7-5-3-4-6(19-5)8(7)10(17)18/h3-8H,2H2,1H3,(H,17,18)(H,13,14,16)/t5-,6-,7-,8-/m1/s1. The van der Waals surface area contributed by atoms with Gasteiger partial charge in [0, 0.05) is 0 Å². The molecule has 2 aliphatic rings. The van der Waals surface area contributed by atoms with Gasteiger partial charge in [0.1, 0.15) is 5.92 Å². The summed E-state index contributed by atoms with van der Waals surface area (Å²) in [6, 6.07) is 0. The first-order valence-corrected chi connectivity index (χ1v) is 8.24. The molecule has 0 unspecified atom stereocenters. The molecule has 2 aliphatic heterocycles. The monoisotopic (exact) mass is 327 g/mol. The zero-order valence-electron chi connectivity index (χ0n) is 11.1. The van der Waals surface area contributed by atoms with Gasteiger partial charge in [-0.25, -0.2) is 0 Å².